The van der Waals surface area contributed by atoms with E-state index in [0.717, 1.165) is 36.0 Å². The zero-order valence-electron chi connectivity index (χ0n) is 17.6. The van der Waals surface area contributed by atoms with Crippen LogP contribution in [0.5, 0.6) is 0 Å². The molecule has 4 rings (SSSR count). The number of aromatic nitrogens is 2. The lowest BCUT2D eigenvalue weighted by atomic mass is 9.92. The molecule has 0 amide bonds. The van der Waals surface area contributed by atoms with Gasteiger partial charge in [0.25, 0.3) is 0 Å². The summed E-state index contributed by atoms with van der Waals surface area (Å²) in [4.78, 5) is 11.2. The molecule has 0 aliphatic carbocycles. The van der Waals surface area contributed by atoms with Crippen LogP contribution < -0.4 is 15.5 Å². The van der Waals surface area contributed by atoms with Gasteiger partial charge in [-0.05, 0) is 42.6 Å². The molecule has 1 fully saturated rings. The lowest BCUT2D eigenvalue weighted by Crippen LogP contribution is -2.39. The van der Waals surface area contributed by atoms with Gasteiger partial charge < -0.3 is 20.0 Å². The van der Waals surface area contributed by atoms with Gasteiger partial charge in [-0.2, -0.15) is 4.98 Å². The average Bonchev–Trinajstić information content (AvgIpc) is 3.21. The van der Waals surface area contributed by atoms with Crippen LogP contribution in [0.2, 0.25) is 5.15 Å². The van der Waals surface area contributed by atoms with Crippen molar-refractivity contribution in [1.29, 1.82) is 0 Å². The standard InChI is InChI=1S/C23H26ClN5OS/c1-15-10-16(2)14-29(13-15)21-11-20(24)26-22(27-21)28-23(31)25-12-18-8-9-19(30-18)17-6-4-3-5-7-17/h3-9,11,15-16H,10,12-14H2,1-2H3,(H2,25,26,27,28,31)/t15-,16+. The number of piperidine rings is 1. The molecule has 0 unspecified atom stereocenters. The van der Waals surface area contributed by atoms with Gasteiger partial charge in [-0.15, -0.1) is 0 Å². The highest BCUT2D eigenvalue weighted by Gasteiger charge is 2.23. The van der Waals surface area contributed by atoms with Gasteiger partial charge in [-0.1, -0.05) is 55.8 Å². The Bertz CT molecular complexity index is 1030. The maximum absolute atomic E-state index is 6.26. The third kappa shape index (κ3) is 5.74. The third-order valence-electron chi connectivity index (χ3n) is 5.24. The van der Waals surface area contributed by atoms with Crippen LogP contribution in [-0.4, -0.2) is 28.2 Å². The van der Waals surface area contributed by atoms with E-state index in [0.29, 0.717) is 34.6 Å². The van der Waals surface area contributed by atoms with Gasteiger partial charge >= 0.3 is 0 Å². The topological polar surface area (TPSA) is 66.2 Å². The molecule has 0 radical (unpaired) electrons. The highest BCUT2D eigenvalue weighted by Crippen LogP contribution is 2.27. The van der Waals surface area contributed by atoms with E-state index < -0.39 is 0 Å². The third-order valence-corrected chi connectivity index (χ3v) is 5.68. The first kappa shape index (κ1) is 21.6. The predicted molar refractivity (Wildman–Crippen MR) is 129 cm³/mol. The van der Waals surface area contributed by atoms with Gasteiger partial charge in [0, 0.05) is 24.7 Å². The molecule has 3 aromatic rings. The molecular formula is C23H26ClN5OS. The van der Waals surface area contributed by atoms with Crippen LogP contribution in [0.3, 0.4) is 0 Å². The molecule has 2 N–H and O–H groups in total. The number of halogens is 1. The summed E-state index contributed by atoms with van der Waals surface area (Å²) in [6.07, 6.45) is 1.23. The number of nitrogens with zero attached hydrogens (tertiary/aromatic N) is 3. The van der Waals surface area contributed by atoms with Crippen LogP contribution in [-0.2, 0) is 6.54 Å². The molecule has 1 saturated heterocycles. The van der Waals surface area contributed by atoms with E-state index in [1.54, 1.807) is 0 Å². The zero-order valence-corrected chi connectivity index (χ0v) is 19.2. The molecule has 0 saturated carbocycles. The molecule has 162 valence electrons. The molecule has 1 aliphatic rings. The molecular weight excluding hydrogens is 430 g/mol. The van der Waals surface area contributed by atoms with E-state index in [-0.39, 0.29) is 0 Å². The van der Waals surface area contributed by atoms with Gasteiger partial charge in [-0.25, -0.2) is 4.98 Å². The summed E-state index contributed by atoms with van der Waals surface area (Å²) in [5.41, 5.74) is 1.04. The van der Waals surface area contributed by atoms with Gasteiger partial charge in [0.2, 0.25) is 5.95 Å². The van der Waals surface area contributed by atoms with E-state index in [1.807, 2.05) is 48.5 Å². The van der Waals surface area contributed by atoms with Crippen molar-refractivity contribution in [2.24, 2.45) is 11.8 Å². The van der Waals surface area contributed by atoms with Crippen LogP contribution in [0.1, 0.15) is 26.0 Å². The molecule has 0 spiro atoms. The van der Waals surface area contributed by atoms with Crippen LogP contribution >= 0.6 is 23.8 Å². The van der Waals surface area contributed by atoms with E-state index >= 15 is 0 Å². The van der Waals surface area contributed by atoms with E-state index in [4.69, 9.17) is 28.2 Å². The Morgan fingerprint density at radius 1 is 1.13 bits per heavy atom. The second-order valence-corrected chi connectivity index (χ2v) is 8.96. The molecule has 0 bridgehead atoms. The monoisotopic (exact) mass is 455 g/mol. The molecule has 3 heterocycles. The molecule has 2 atom stereocenters. The number of hydrogen-bond donors (Lipinski definition) is 2. The number of benzene rings is 1. The number of furan rings is 1. The van der Waals surface area contributed by atoms with E-state index in [1.165, 1.54) is 6.42 Å². The highest BCUT2D eigenvalue weighted by molar-refractivity contribution is 7.80. The fourth-order valence-corrected chi connectivity index (χ4v) is 4.36. The summed E-state index contributed by atoms with van der Waals surface area (Å²) >= 11 is 11.7. The number of thiocarbonyl (C=S) groups is 1. The Morgan fingerprint density at radius 3 is 2.61 bits per heavy atom. The lowest BCUT2D eigenvalue weighted by Gasteiger charge is -2.35. The summed E-state index contributed by atoms with van der Waals surface area (Å²) in [6, 6.07) is 15.7. The van der Waals surface area contributed by atoms with Crippen LogP contribution in [0.4, 0.5) is 11.8 Å². The Morgan fingerprint density at radius 2 is 1.87 bits per heavy atom. The van der Waals surface area contributed by atoms with Crippen molar-refractivity contribution in [2.75, 3.05) is 23.3 Å². The Labute approximate surface area is 193 Å². The van der Waals surface area contributed by atoms with Crippen molar-refractivity contribution in [3.63, 3.8) is 0 Å². The smallest absolute Gasteiger partial charge is 0.232 e. The van der Waals surface area contributed by atoms with Crippen molar-refractivity contribution in [1.82, 2.24) is 15.3 Å². The number of hydrogen-bond acceptors (Lipinski definition) is 5. The number of anilines is 2. The molecule has 6 nitrogen and oxygen atoms in total. The average molecular weight is 456 g/mol. The predicted octanol–water partition coefficient (Wildman–Crippen LogP) is 5.36. The SMILES string of the molecule is C[C@@H]1C[C@H](C)CN(c2cc(Cl)nc(NC(=S)NCc3ccc(-c4ccccc4)o3)n2)C1. The molecule has 1 aromatic carbocycles. The maximum Gasteiger partial charge on any atom is 0.232 e. The molecule has 31 heavy (non-hydrogen) atoms. The summed E-state index contributed by atoms with van der Waals surface area (Å²) in [5.74, 6) is 4.05. The first-order valence-corrected chi connectivity index (χ1v) is 11.2. The fourth-order valence-electron chi connectivity index (χ4n) is 4.02. The lowest BCUT2D eigenvalue weighted by molar-refractivity contribution is 0.355. The first-order valence-electron chi connectivity index (χ1n) is 10.4. The van der Waals surface area contributed by atoms with Crippen molar-refractivity contribution in [3.8, 4) is 11.3 Å². The summed E-state index contributed by atoms with van der Waals surface area (Å²) < 4.78 is 5.90. The minimum Gasteiger partial charge on any atom is -0.459 e. The Balaban J connectivity index is 1.36. The number of rotatable bonds is 5. The molecule has 8 heteroatoms. The second-order valence-electron chi connectivity index (χ2n) is 8.16. The quantitative estimate of drug-likeness (QED) is 0.396. The van der Waals surface area contributed by atoms with Gasteiger partial charge in [-0.3, -0.25) is 0 Å². The van der Waals surface area contributed by atoms with Gasteiger partial charge in [0.05, 0.1) is 6.54 Å². The minimum atomic E-state index is 0.385. The van der Waals surface area contributed by atoms with E-state index in [9.17, 15) is 0 Å². The maximum atomic E-state index is 6.26. The second kappa shape index (κ2) is 9.66. The molecule has 1 aliphatic heterocycles. The van der Waals surface area contributed by atoms with Crippen molar-refractivity contribution < 1.29 is 4.42 Å². The summed E-state index contributed by atoms with van der Waals surface area (Å²) in [6.45, 7) is 6.90. The minimum absolute atomic E-state index is 0.385. The van der Waals surface area contributed by atoms with Crippen LogP contribution in [0.25, 0.3) is 11.3 Å². The van der Waals surface area contributed by atoms with Crippen molar-refractivity contribution in [3.05, 3.63) is 59.4 Å². The first-order chi connectivity index (χ1) is 15.0. The summed E-state index contributed by atoms with van der Waals surface area (Å²) in [5, 5.41) is 6.97. The van der Waals surface area contributed by atoms with Crippen molar-refractivity contribution >= 4 is 40.7 Å². The van der Waals surface area contributed by atoms with E-state index in [2.05, 4.69) is 39.3 Å². The normalized spacial score (nSPS) is 18.6. The largest absolute Gasteiger partial charge is 0.459 e. The van der Waals surface area contributed by atoms with Crippen LogP contribution in [0.15, 0.2) is 52.9 Å². The fraction of sp³-hybridized carbons (Fsp3) is 0.348. The zero-order chi connectivity index (χ0) is 21.8. The van der Waals surface area contributed by atoms with Crippen molar-refractivity contribution in [2.45, 2.75) is 26.8 Å². The number of nitrogens with one attached hydrogen (secondary N) is 2. The summed E-state index contributed by atoms with van der Waals surface area (Å²) in [7, 11) is 0. The highest BCUT2D eigenvalue weighted by atomic mass is 35.5. The molecule has 2 aromatic heterocycles. The van der Waals surface area contributed by atoms with Crippen LogP contribution in [0, 0.1) is 11.8 Å². The van der Waals surface area contributed by atoms with Gasteiger partial charge in [0.15, 0.2) is 5.11 Å². The Kier molecular flexibility index (Phi) is 6.73. The Hall–Kier alpha value is -2.64. The van der Waals surface area contributed by atoms with Gasteiger partial charge in [0.1, 0.15) is 22.5 Å².